The van der Waals surface area contributed by atoms with Crippen LogP contribution in [0.15, 0.2) is 0 Å². The molecule has 1 rings (SSSR count). The number of amides is 1. The van der Waals surface area contributed by atoms with Crippen LogP contribution in [0.5, 0.6) is 0 Å². The van der Waals surface area contributed by atoms with Crippen LogP contribution in [0, 0.1) is 0 Å². The number of carbonyl (C=O) groups excluding carboxylic acids is 1. The smallest absolute Gasteiger partial charge is 0.326 e. The number of carboxylic acid groups (broad SMARTS) is 1. The van der Waals surface area contributed by atoms with Crippen molar-refractivity contribution in [3.63, 3.8) is 0 Å². The van der Waals surface area contributed by atoms with Crippen LogP contribution < -0.4 is 0 Å². The highest BCUT2D eigenvalue weighted by molar-refractivity contribution is 5.85. The third-order valence-corrected chi connectivity index (χ3v) is 2.28. The Bertz CT molecular complexity index is 234. The number of rotatable bonds is 1. The normalized spacial score (nSPS) is 26.2. The van der Waals surface area contributed by atoms with Crippen molar-refractivity contribution in [3.8, 4) is 0 Å². The lowest BCUT2D eigenvalue weighted by molar-refractivity contribution is -0.169. The highest BCUT2D eigenvalue weighted by atomic mass is 16.4. The van der Waals surface area contributed by atoms with Crippen molar-refractivity contribution in [2.45, 2.75) is 38.8 Å². The van der Waals surface area contributed by atoms with E-state index in [1.807, 2.05) is 13.8 Å². The lowest BCUT2D eigenvalue weighted by atomic mass is 9.81. The first kappa shape index (κ1) is 9.03. The molecule has 1 amide bonds. The Morgan fingerprint density at radius 3 is 2.17 bits per heavy atom. The predicted molar refractivity (Wildman–Crippen MR) is 42.6 cm³/mol. The van der Waals surface area contributed by atoms with Gasteiger partial charge in [-0.25, -0.2) is 4.79 Å². The second-order valence-corrected chi connectivity index (χ2v) is 3.76. The largest absolute Gasteiger partial charge is 0.480 e. The van der Waals surface area contributed by atoms with Crippen LogP contribution >= 0.6 is 0 Å². The minimum absolute atomic E-state index is 0.168. The van der Waals surface area contributed by atoms with E-state index in [0.29, 0.717) is 6.42 Å². The summed E-state index contributed by atoms with van der Waals surface area (Å²) in [6, 6.07) is -0.613. The highest BCUT2D eigenvalue weighted by Crippen LogP contribution is 2.35. The summed E-state index contributed by atoms with van der Waals surface area (Å²) in [5.74, 6) is -1.08. The molecule has 12 heavy (non-hydrogen) atoms. The van der Waals surface area contributed by atoms with Gasteiger partial charge in [-0.15, -0.1) is 0 Å². The average molecular weight is 171 g/mol. The first-order valence-electron chi connectivity index (χ1n) is 3.89. The van der Waals surface area contributed by atoms with Crippen LogP contribution in [0.3, 0.4) is 0 Å². The Morgan fingerprint density at radius 2 is 2.00 bits per heavy atom. The Balaban J connectivity index is 2.76. The van der Waals surface area contributed by atoms with E-state index in [1.165, 1.54) is 11.8 Å². The average Bonchev–Trinajstić information content (AvgIpc) is 1.81. The van der Waals surface area contributed by atoms with Crippen LogP contribution in [0.25, 0.3) is 0 Å². The molecule has 0 saturated carbocycles. The van der Waals surface area contributed by atoms with E-state index in [2.05, 4.69) is 0 Å². The fraction of sp³-hybridized carbons (Fsp3) is 0.750. The summed E-state index contributed by atoms with van der Waals surface area (Å²) in [6.07, 6.45) is 0.544. The highest BCUT2D eigenvalue weighted by Gasteiger charge is 2.50. The zero-order valence-electron chi connectivity index (χ0n) is 7.50. The molecular formula is C8H13NO3. The van der Waals surface area contributed by atoms with Crippen LogP contribution in [0.4, 0.5) is 0 Å². The van der Waals surface area contributed by atoms with E-state index >= 15 is 0 Å². The summed E-state index contributed by atoms with van der Waals surface area (Å²) < 4.78 is 0. The van der Waals surface area contributed by atoms with Gasteiger partial charge in [0.25, 0.3) is 0 Å². The standard InChI is InChI=1S/C8H13NO3/c1-5(10)9-6(7(11)12)4-8(9,2)3/h6H,4H2,1-3H3,(H,11,12). The van der Waals surface area contributed by atoms with Crippen LogP contribution in [-0.2, 0) is 9.59 Å². The second kappa shape index (κ2) is 2.47. The topological polar surface area (TPSA) is 57.6 Å². The summed E-state index contributed by atoms with van der Waals surface area (Å²) in [4.78, 5) is 23.0. The van der Waals surface area contributed by atoms with Crippen molar-refractivity contribution in [1.29, 1.82) is 0 Å². The van der Waals surface area contributed by atoms with E-state index in [1.54, 1.807) is 0 Å². The van der Waals surface area contributed by atoms with E-state index < -0.39 is 12.0 Å². The Kier molecular flexibility index (Phi) is 1.86. The quantitative estimate of drug-likeness (QED) is 0.624. The molecule has 68 valence electrons. The predicted octanol–water partition coefficient (Wildman–Crippen LogP) is 0.470. The van der Waals surface area contributed by atoms with Gasteiger partial charge in [0.15, 0.2) is 0 Å². The maximum Gasteiger partial charge on any atom is 0.326 e. The van der Waals surface area contributed by atoms with Gasteiger partial charge in [-0.05, 0) is 13.8 Å². The zero-order chi connectivity index (χ0) is 9.52. The van der Waals surface area contributed by atoms with Crippen molar-refractivity contribution in [2.24, 2.45) is 0 Å². The number of hydrogen-bond acceptors (Lipinski definition) is 2. The van der Waals surface area contributed by atoms with E-state index in [9.17, 15) is 9.59 Å². The Morgan fingerprint density at radius 1 is 1.50 bits per heavy atom. The van der Waals surface area contributed by atoms with Gasteiger partial charge in [0, 0.05) is 18.9 Å². The van der Waals surface area contributed by atoms with Crippen molar-refractivity contribution in [3.05, 3.63) is 0 Å². The van der Waals surface area contributed by atoms with Gasteiger partial charge < -0.3 is 10.0 Å². The summed E-state index contributed by atoms with van der Waals surface area (Å²) >= 11 is 0. The molecule has 1 atom stereocenters. The molecule has 0 aliphatic carbocycles. The van der Waals surface area contributed by atoms with Gasteiger partial charge in [-0.3, -0.25) is 4.79 Å². The van der Waals surface area contributed by atoms with Crippen LogP contribution in [-0.4, -0.2) is 33.5 Å². The molecule has 4 nitrogen and oxygen atoms in total. The number of carbonyl (C=O) groups is 2. The summed E-state index contributed by atoms with van der Waals surface area (Å²) in [5.41, 5.74) is -0.283. The van der Waals surface area contributed by atoms with Gasteiger partial charge in [0.05, 0.1) is 0 Å². The lowest BCUT2D eigenvalue weighted by Gasteiger charge is -2.52. The van der Waals surface area contributed by atoms with Gasteiger partial charge in [-0.2, -0.15) is 0 Å². The number of hydrogen-bond donors (Lipinski definition) is 1. The Hall–Kier alpha value is -1.06. The monoisotopic (exact) mass is 171 g/mol. The van der Waals surface area contributed by atoms with E-state index in [-0.39, 0.29) is 11.4 Å². The maximum atomic E-state index is 11.0. The van der Waals surface area contributed by atoms with Crippen molar-refractivity contribution >= 4 is 11.9 Å². The van der Waals surface area contributed by atoms with E-state index in [0.717, 1.165) is 0 Å². The third kappa shape index (κ3) is 1.17. The molecule has 0 bridgehead atoms. The molecule has 1 aliphatic rings. The molecule has 0 radical (unpaired) electrons. The van der Waals surface area contributed by atoms with Gasteiger partial charge in [0.2, 0.25) is 5.91 Å². The zero-order valence-corrected chi connectivity index (χ0v) is 7.50. The molecule has 1 heterocycles. The molecule has 1 aliphatic heterocycles. The summed E-state index contributed by atoms with van der Waals surface area (Å²) in [5, 5.41) is 8.69. The molecule has 4 heteroatoms. The van der Waals surface area contributed by atoms with Crippen LogP contribution in [0.2, 0.25) is 0 Å². The van der Waals surface area contributed by atoms with E-state index in [4.69, 9.17) is 5.11 Å². The fourth-order valence-corrected chi connectivity index (χ4v) is 1.82. The number of nitrogens with zero attached hydrogens (tertiary/aromatic N) is 1. The molecule has 1 unspecified atom stereocenters. The van der Waals surface area contributed by atoms with Gasteiger partial charge in [-0.1, -0.05) is 0 Å². The number of carboxylic acids is 1. The lowest BCUT2D eigenvalue weighted by Crippen LogP contribution is -2.67. The first-order chi connectivity index (χ1) is 5.36. The third-order valence-electron chi connectivity index (χ3n) is 2.28. The van der Waals surface area contributed by atoms with Crippen LogP contribution in [0.1, 0.15) is 27.2 Å². The maximum absolute atomic E-state index is 11.0. The van der Waals surface area contributed by atoms with Gasteiger partial charge >= 0.3 is 5.97 Å². The molecule has 0 aromatic rings. The van der Waals surface area contributed by atoms with Crippen molar-refractivity contribution in [1.82, 2.24) is 4.90 Å². The first-order valence-corrected chi connectivity index (χ1v) is 3.89. The molecule has 1 N–H and O–H groups in total. The molecule has 0 spiro atoms. The fourth-order valence-electron chi connectivity index (χ4n) is 1.82. The second-order valence-electron chi connectivity index (χ2n) is 3.76. The molecule has 1 saturated heterocycles. The minimum atomic E-state index is -0.912. The van der Waals surface area contributed by atoms with Crippen molar-refractivity contribution < 1.29 is 14.7 Å². The Labute approximate surface area is 71.2 Å². The van der Waals surface area contributed by atoms with Gasteiger partial charge in [0.1, 0.15) is 6.04 Å². The molecule has 0 aromatic heterocycles. The number of aliphatic carboxylic acids is 1. The number of likely N-dealkylation sites (tertiary alicyclic amines) is 1. The molecular weight excluding hydrogens is 158 g/mol. The molecule has 0 aromatic carbocycles. The minimum Gasteiger partial charge on any atom is -0.480 e. The molecule has 1 fully saturated rings. The summed E-state index contributed by atoms with van der Waals surface area (Å²) in [7, 11) is 0. The van der Waals surface area contributed by atoms with Crippen molar-refractivity contribution in [2.75, 3.05) is 0 Å². The SMILES string of the molecule is CC(=O)N1C(C(=O)O)CC1(C)C. The summed E-state index contributed by atoms with van der Waals surface area (Å²) in [6.45, 7) is 5.14.